The molecule has 3 rings (SSSR count). The zero-order valence-electron chi connectivity index (χ0n) is 14.0. The Morgan fingerprint density at radius 1 is 1.25 bits per heavy atom. The Bertz CT molecular complexity index is 659. The third kappa shape index (κ3) is 4.58. The van der Waals surface area contributed by atoms with E-state index in [1.54, 1.807) is 6.33 Å². The fourth-order valence-corrected chi connectivity index (χ4v) is 2.74. The molecular weight excluding hydrogens is 304 g/mol. The molecule has 0 unspecified atom stereocenters. The fraction of sp³-hybridized carbons (Fsp3) is 0.444. The predicted molar refractivity (Wildman–Crippen MR) is 94.6 cm³/mol. The van der Waals surface area contributed by atoms with E-state index < -0.39 is 6.10 Å². The highest BCUT2D eigenvalue weighted by molar-refractivity contribution is 5.48. The van der Waals surface area contributed by atoms with Crippen LogP contribution in [0.1, 0.15) is 18.4 Å². The summed E-state index contributed by atoms with van der Waals surface area (Å²) in [6.07, 6.45) is 3.37. The van der Waals surface area contributed by atoms with Crippen LogP contribution in [0.2, 0.25) is 0 Å². The van der Waals surface area contributed by atoms with Gasteiger partial charge in [-0.2, -0.15) is 0 Å². The summed E-state index contributed by atoms with van der Waals surface area (Å²) < 4.78 is 5.61. The Labute approximate surface area is 142 Å². The molecule has 6 heteroatoms. The first-order valence-corrected chi connectivity index (χ1v) is 8.39. The smallest absolute Gasteiger partial charge is 0.134 e. The standard InChI is InChI=1S/C18H24N4O2/c1-14-5-4-6-16(9-14)24-12-15(23)11-19-17-10-18(21-13-20-17)22-7-2-3-8-22/h4-6,9-10,13,15,23H,2-3,7-8,11-12H2,1H3,(H,19,20,21)/t15-/m1/s1. The van der Waals surface area contributed by atoms with E-state index in [-0.39, 0.29) is 6.61 Å². The molecule has 0 spiro atoms. The van der Waals surface area contributed by atoms with Crippen LogP contribution in [0.3, 0.4) is 0 Å². The number of anilines is 2. The molecule has 1 fully saturated rings. The normalized spacial score (nSPS) is 15.3. The highest BCUT2D eigenvalue weighted by Crippen LogP contribution is 2.19. The number of benzene rings is 1. The molecule has 1 atom stereocenters. The molecule has 1 aliphatic heterocycles. The summed E-state index contributed by atoms with van der Waals surface area (Å²) in [5.74, 6) is 2.43. The molecule has 0 bridgehead atoms. The third-order valence-corrected chi connectivity index (χ3v) is 4.03. The lowest BCUT2D eigenvalue weighted by molar-refractivity contribution is 0.117. The van der Waals surface area contributed by atoms with Gasteiger partial charge in [0.15, 0.2) is 0 Å². The molecule has 0 saturated carbocycles. The van der Waals surface area contributed by atoms with Crippen molar-refractivity contribution in [2.24, 2.45) is 0 Å². The first-order valence-electron chi connectivity index (χ1n) is 8.39. The van der Waals surface area contributed by atoms with Crippen LogP contribution in [0.15, 0.2) is 36.7 Å². The van der Waals surface area contributed by atoms with Crippen LogP contribution < -0.4 is 15.0 Å². The molecule has 1 aliphatic rings. The van der Waals surface area contributed by atoms with Crippen molar-refractivity contribution >= 4 is 11.6 Å². The van der Waals surface area contributed by atoms with E-state index in [1.807, 2.05) is 37.3 Å². The second kappa shape index (κ2) is 7.97. The average Bonchev–Trinajstić information content (AvgIpc) is 3.13. The average molecular weight is 328 g/mol. The molecule has 0 aliphatic carbocycles. The van der Waals surface area contributed by atoms with E-state index in [0.29, 0.717) is 6.54 Å². The topological polar surface area (TPSA) is 70.5 Å². The van der Waals surface area contributed by atoms with Crippen molar-refractivity contribution in [2.45, 2.75) is 25.9 Å². The number of hydrogen-bond acceptors (Lipinski definition) is 6. The molecule has 128 valence electrons. The molecule has 1 saturated heterocycles. The van der Waals surface area contributed by atoms with Gasteiger partial charge < -0.3 is 20.1 Å². The predicted octanol–water partition coefficient (Wildman–Crippen LogP) is 2.24. The van der Waals surface area contributed by atoms with Gasteiger partial charge in [-0.15, -0.1) is 0 Å². The minimum Gasteiger partial charge on any atom is -0.491 e. The molecule has 24 heavy (non-hydrogen) atoms. The summed E-state index contributed by atoms with van der Waals surface area (Å²) in [6.45, 7) is 4.72. The van der Waals surface area contributed by atoms with E-state index in [1.165, 1.54) is 12.8 Å². The minimum atomic E-state index is -0.615. The lowest BCUT2D eigenvalue weighted by atomic mass is 10.2. The van der Waals surface area contributed by atoms with Crippen molar-refractivity contribution in [1.82, 2.24) is 9.97 Å². The van der Waals surface area contributed by atoms with E-state index in [2.05, 4.69) is 20.2 Å². The van der Waals surface area contributed by atoms with Gasteiger partial charge in [0.1, 0.15) is 36.4 Å². The van der Waals surface area contributed by atoms with E-state index in [9.17, 15) is 5.11 Å². The van der Waals surface area contributed by atoms with Crippen LogP contribution in [-0.2, 0) is 0 Å². The highest BCUT2D eigenvalue weighted by Gasteiger charge is 2.14. The lowest BCUT2D eigenvalue weighted by Gasteiger charge is -2.17. The molecule has 1 aromatic heterocycles. The van der Waals surface area contributed by atoms with Crippen LogP contribution in [-0.4, -0.2) is 47.4 Å². The number of nitrogens with one attached hydrogen (secondary N) is 1. The zero-order chi connectivity index (χ0) is 16.8. The van der Waals surface area contributed by atoms with Crippen LogP contribution in [0.25, 0.3) is 0 Å². The van der Waals surface area contributed by atoms with Crippen LogP contribution in [0.5, 0.6) is 5.75 Å². The summed E-state index contributed by atoms with van der Waals surface area (Å²) in [4.78, 5) is 10.8. The van der Waals surface area contributed by atoms with Crippen molar-refractivity contribution in [3.8, 4) is 5.75 Å². The number of nitrogens with zero attached hydrogens (tertiary/aromatic N) is 3. The maximum Gasteiger partial charge on any atom is 0.134 e. The SMILES string of the molecule is Cc1cccc(OC[C@H](O)CNc2cc(N3CCCC3)ncn2)c1. The molecule has 2 aromatic rings. The number of ether oxygens (including phenoxy) is 1. The first-order chi connectivity index (χ1) is 11.7. The van der Waals surface area contributed by atoms with Crippen LogP contribution in [0.4, 0.5) is 11.6 Å². The number of hydrogen-bond donors (Lipinski definition) is 2. The first kappa shape index (κ1) is 16.5. The molecule has 1 aromatic carbocycles. The van der Waals surface area contributed by atoms with Gasteiger partial charge in [0, 0.05) is 25.7 Å². The monoisotopic (exact) mass is 328 g/mol. The maximum atomic E-state index is 10.1. The van der Waals surface area contributed by atoms with Crippen molar-refractivity contribution in [3.63, 3.8) is 0 Å². The van der Waals surface area contributed by atoms with Crippen molar-refractivity contribution in [1.29, 1.82) is 0 Å². The largest absolute Gasteiger partial charge is 0.491 e. The van der Waals surface area contributed by atoms with Crippen LogP contribution >= 0.6 is 0 Å². The second-order valence-corrected chi connectivity index (χ2v) is 6.12. The Balaban J connectivity index is 1.47. The maximum absolute atomic E-state index is 10.1. The zero-order valence-corrected chi connectivity index (χ0v) is 14.0. The van der Waals surface area contributed by atoms with Crippen molar-refractivity contribution in [3.05, 3.63) is 42.2 Å². The van der Waals surface area contributed by atoms with E-state index in [0.717, 1.165) is 36.0 Å². The molecule has 2 N–H and O–H groups in total. The molecular formula is C18H24N4O2. The number of rotatable bonds is 7. The van der Waals surface area contributed by atoms with Gasteiger partial charge in [0.25, 0.3) is 0 Å². The van der Waals surface area contributed by atoms with Gasteiger partial charge in [-0.05, 0) is 37.5 Å². The Hall–Kier alpha value is -2.34. The van der Waals surface area contributed by atoms with Crippen molar-refractivity contribution < 1.29 is 9.84 Å². The van der Waals surface area contributed by atoms with Gasteiger partial charge in [0.05, 0.1) is 0 Å². The number of aryl methyl sites for hydroxylation is 1. The Kier molecular flexibility index (Phi) is 5.48. The number of aromatic nitrogens is 2. The number of aliphatic hydroxyl groups is 1. The van der Waals surface area contributed by atoms with E-state index in [4.69, 9.17) is 4.74 Å². The summed E-state index contributed by atoms with van der Waals surface area (Å²) >= 11 is 0. The van der Waals surface area contributed by atoms with Gasteiger partial charge in [-0.1, -0.05) is 12.1 Å². The molecule has 0 amide bonds. The highest BCUT2D eigenvalue weighted by atomic mass is 16.5. The third-order valence-electron chi connectivity index (χ3n) is 4.03. The van der Waals surface area contributed by atoms with Gasteiger partial charge in [0.2, 0.25) is 0 Å². The summed E-state index contributed by atoms with van der Waals surface area (Å²) in [7, 11) is 0. The Morgan fingerprint density at radius 2 is 2.08 bits per heavy atom. The van der Waals surface area contributed by atoms with Crippen molar-refractivity contribution in [2.75, 3.05) is 36.5 Å². The quantitative estimate of drug-likeness (QED) is 0.812. The van der Waals surface area contributed by atoms with Crippen LogP contribution in [0, 0.1) is 6.92 Å². The lowest BCUT2D eigenvalue weighted by Crippen LogP contribution is -2.27. The summed E-state index contributed by atoms with van der Waals surface area (Å²) in [5, 5.41) is 13.2. The fourth-order valence-electron chi connectivity index (χ4n) is 2.74. The number of aliphatic hydroxyl groups excluding tert-OH is 1. The Morgan fingerprint density at radius 3 is 2.88 bits per heavy atom. The van der Waals surface area contributed by atoms with Gasteiger partial charge in [-0.3, -0.25) is 0 Å². The summed E-state index contributed by atoms with van der Waals surface area (Å²) in [5.41, 5.74) is 1.13. The van der Waals surface area contributed by atoms with Gasteiger partial charge in [-0.25, -0.2) is 9.97 Å². The summed E-state index contributed by atoms with van der Waals surface area (Å²) in [6, 6.07) is 9.72. The second-order valence-electron chi connectivity index (χ2n) is 6.12. The molecule has 6 nitrogen and oxygen atoms in total. The van der Waals surface area contributed by atoms with Gasteiger partial charge >= 0.3 is 0 Å². The molecule has 2 heterocycles. The van der Waals surface area contributed by atoms with E-state index >= 15 is 0 Å². The molecule has 0 radical (unpaired) electrons. The minimum absolute atomic E-state index is 0.237.